The molecule has 2 aromatic heterocycles. The van der Waals surface area contributed by atoms with E-state index in [0.717, 1.165) is 24.6 Å². The molecular formula is C21H20F2N4O4. The number of rotatable bonds is 5. The lowest BCUT2D eigenvalue weighted by molar-refractivity contribution is 0.0694. The average molecular weight is 430 g/mol. The number of benzene rings is 1. The second kappa shape index (κ2) is 7.16. The number of hydrogen-bond acceptors (Lipinski definition) is 5. The molecule has 0 atom stereocenters. The molecule has 1 fully saturated rings. The molecule has 10 heteroatoms. The van der Waals surface area contributed by atoms with Gasteiger partial charge >= 0.3 is 5.97 Å². The lowest BCUT2D eigenvalue weighted by Crippen LogP contribution is -2.35. The molecule has 0 amide bonds. The molecule has 0 bridgehead atoms. The fraction of sp³-hybridized carbons (Fsp3) is 0.381. The Morgan fingerprint density at radius 1 is 1.29 bits per heavy atom. The van der Waals surface area contributed by atoms with E-state index in [1.807, 2.05) is 10.8 Å². The number of anilines is 1. The second-order valence-corrected chi connectivity index (χ2v) is 7.93. The minimum absolute atomic E-state index is 0.0529. The van der Waals surface area contributed by atoms with Crippen molar-refractivity contribution in [3.05, 3.63) is 57.4 Å². The fourth-order valence-electron chi connectivity index (χ4n) is 4.23. The average Bonchev–Trinajstić information content (AvgIpc) is 3.48. The summed E-state index contributed by atoms with van der Waals surface area (Å²) < 4.78 is 39.3. The van der Waals surface area contributed by atoms with Crippen molar-refractivity contribution in [2.75, 3.05) is 18.6 Å². The summed E-state index contributed by atoms with van der Waals surface area (Å²) in [6.07, 6.45) is 4.52. The third-order valence-electron chi connectivity index (χ3n) is 5.82. The number of fused-ring (bicyclic) bond motifs is 2. The summed E-state index contributed by atoms with van der Waals surface area (Å²) in [5, 5.41) is 9.10. The summed E-state index contributed by atoms with van der Waals surface area (Å²) in [6, 6.07) is 0.851. The number of aromatic carboxylic acids is 1. The highest BCUT2D eigenvalue weighted by molar-refractivity contribution is 5.94. The van der Waals surface area contributed by atoms with Crippen molar-refractivity contribution in [3.8, 4) is 0 Å². The maximum Gasteiger partial charge on any atom is 0.341 e. The highest BCUT2D eigenvalue weighted by atomic mass is 19.1. The van der Waals surface area contributed by atoms with Crippen molar-refractivity contribution in [2.24, 2.45) is 0 Å². The molecule has 1 saturated carbocycles. The molecule has 2 aliphatic rings. The van der Waals surface area contributed by atoms with Gasteiger partial charge in [0.1, 0.15) is 22.9 Å². The Labute approximate surface area is 175 Å². The van der Waals surface area contributed by atoms with Gasteiger partial charge in [-0.2, -0.15) is 0 Å². The van der Waals surface area contributed by atoms with Gasteiger partial charge in [0.15, 0.2) is 5.82 Å². The number of halogens is 2. The van der Waals surface area contributed by atoms with Crippen molar-refractivity contribution >= 4 is 22.6 Å². The normalized spacial score (nSPS) is 16.0. The van der Waals surface area contributed by atoms with E-state index in [0.29, 0.717) is 25.5 Å². The third kappa shape index (κ3) is 3.18. The molecule has 1 aromatic carbocycles. The topological polar surface area (TPSA) is 89.6 Å². The lowest BCUT2D eigenvalue weighted by Gasteiger charge is -2.30. The Morgan fingerprint density at radius 3 is 2.74 bits per heavy atom. The minimum Gasteiger partial charge on any atom is -0.477 e. The van der Waals surface area contributed by atoms with Crippen LogP contribution in [0.2, 0.25) is 0 Å². The van der Waals surface area contributed by atoms with Gasteiger partial charge in [-0.1, -0.05) is 0 Å². The van der Waals surface area contributed by atoms with Crippen LogP contribution in [0.25, 0.3) is 10.9 Å². The van der Waals surface area contributed by atoms with Crippen LogP contribution in [0.5, 0.6) is 0 Å². The van der Waals surface area contributed by atoms with E-state index in [9.17, 15) is 14.7 Å². The van der Waals surface area contributed by atoms with E-state index < -0.39 is 28.6 Å². The number of aromatic nitrogens is 3. The maximum absolute atomic E-state index is 15.7. The zero-order valence-corrected chi connectivity index (χ0v) is 16.8. The predicted molar refractivity (Wildman–Crippen MR) is 107 cm³/mol. The van der Waals surface area contributed by atoms with E-state index in [-0.39, 0.29) is 29.2 Å². The molecule has 3 heterocycles. The highest BCUT2D eigenvalue weighted by Gasteiger charge is 2.32. The molecule has 3 aromatic rings. The first-order valence-electron chi connectivity index (χ1n) is 9.98. The monoisotopic (exact) mass is 430 g/mol. The fourth-order valence-corrected chi connectivity index (χ4v) is 4.23. The minimum atomic E-state index is -1.42. The molecule has 5 rings (SSSR count). The van der Waals surface area contributed by atoms with Crippen LogP contribution in [0.4, 0.5) is 14.5 Å². The number of carbonyl (C=O) groups is 1. The van der Waals surface area contributed by atoms with Crippen LogP contribution in [0.15, 0.2) is 23.3 Å². The van der Waals surface area contributed by atoms with Crippen molar-refractivity contribution in [2.45, 2.75) is 38.6 Å². The van der Waals surface area contributed by atoms with Crippen LogP contribution < -0.4 is 10.3 Å². The van der Waals surface area contributed by atoms with Gasteiger partial charge in [0, 0.05) is 38.6 Å². The maximum atomic E-state index is 15.7. The zero-order valence-electron chi connectivity index (χ0n) is 16.8. The number of hydrogen-bond donors (Lipinski definition) is 1. The number of carboxylic acid groups (broad SMARTS) is 1. The SMILES string of the molecule is COCc1cn2c(n1)CN(c1c(F)cc3c(=O)c(C(=O)O)cn(C4CC4)c3c1F)CC2. The van der Waals surface area contributed by atoms with Crippen LogP contribution >= 0.6 is 0 Å². The van der Waals surface area contributed by atoms with Crippen molar-refractivity contribution in [1.29, 1.82) is 0 Å². The molecule has 1 aliphatic carbocycles. The molecule has 1 aliphatic heterocycles. The van der Waals surface area contributed by atoms with E-state index >= 15 is 8.78 Å². The Kier molecular flexibility index (Phi) is 4.54. The molecule has 0 unspecified atom stereocenters. The summed E-state index contributed by atoms with van der Waals surface area (Å²) in [5.41, 5.74) is -0.920. The zero-order chi connectivity index (χ0) is 21.9. The number of methoxy groups -OCH3 is 1. The van der Waals surface area contributed by atoms with Crippen molar-refractivity contribution < 1.29 is 23.4 Å². The summed E-state index contributed by atoms with van der Waals surface area (Å²) in [4.78, 5) is 30.1. The molecule has 8 nitrogen and oxygen atoms in total. The van der Waals surface area contributed by atoms with E-state index in [1.165, 1.54) is 10.8 Å². The van der Waals surface area contributed by atoms with Crippen LogP contribution in [-0.2, 0) is 24.4 Å². The Hall–Kier alpha value is -3.27. The molecule has 0 spiro atoms. The van der Waals surface area contributed by atoms with Gasteiger partial charge in [0.2, 0.25) is 5.43 Å². The highest BCUT2D eigenvalue weighted by Crippen LogP contribution is 2.40. The molecule has 0 saturated heterocycles. The predicted octanol–water partition coefficient (Wildman–Crippen LogP) is 2.68. The smallest absolute Gasteiger partial charge is 0.341 e. The van der Waals surface area contributed by atoms with Gasteiger partial charge in [-0.05, 0) is 18.9 Å². The first-order chi connectivity index (χ1) is 14.9. The summed E-state index contributed by atoms with van der Waals surface area (Å²) >= 11 is 0. The van der Waals surface area contributed by atoms with Crippen LogP contribution in [0.1, 0.15) is 40.8 Å². The number of pyridine rings is 1. The van der Waals surface area contributed by atoms with Crippen molar-refractivity contribution in [1.82, 2.24) is 14.1 Å². The van der Waals surface area contributed by atoms with Crippen LogP contribution in [-0.4, -0.2) is 38.8 Å². The van der Waals surface area contributed by atoms with Gasteiger partial charge in [0.25, 0.3) is 0 Å². The van der Waals surface area contributed by atoms with E-state index in [1.54, 1.807) is 12.0 Å². The lowest BCUT2D eigenvalue weighted by atomic mass is 10.1. The first-order valence-corrected chi connectivity index (χ1v) is 9.98. The summed E-state index contributed by atoms with van der Waals surface area (Å²) in [6.45, 7) is 1.40. The summed E-state index contributed by atoms with van der Waals surface area (Å²) in [5.74, 6) is -2.50. The first kappa shape index (κ1) is 19.7. The van der Waals surface area contributed by atoms with Crippen molar-refractivity contribution in [3.63, 3.8) is 0 Å². The van der Waals surface area contributed by atoms with E-state index in [2.05, 4.69) is 4.98 Å². The third-order valence-corrected chi connectivity index (χ3v) is 5.82. The Morgan fingerprint density at radius 2 is 2.06 bits per heavy atom. The summed E-state index contributed by atoms with van der Waals surface area (Å²) in [7, 11) is 1.57. The Bertz CT molecular complexity index is 1280. The van der Waals surface area contributed by atoms with Gasteiger partial charge < -0.3 is 23.9 Å². The number of imidazole rings is 1. The van der Waals surface area contributed by atoms with Gasteiger partial charge in [-0.25, -0.2) is 18.6 Å². The van der Waals surface area contributed by atoms with Gasteiger partial charge in [-0.15, -0.1) is 0 Å². The molecule has 162 valence electrons. The Balaban J connectivity index is 1.65. The molecule has 31 heavy (non-hydrogen) atoms. The number of carboxylic acids is 1. The van der Waals surface area contributed by atoms with Gasteiger partial charge in [0.05, 0.1) is 29.7 Å². The molecular weight excluding hydrogens is 410 g/mol. The second-order valence-electron chi connectivity index (χ2n) is 7.93. The largest absolute Gasteiger partial charge is 0.477 e. The molecule has 1 N–H and O–H groups in total. The number of nitrogens with zero attached hydrogens (tertiary/aromatic N) is 4. The van der Waals surface area contributed by atoms with Crippen LogP contribution in [0, 0.1) is 11.6 Å². The molecule has 0 radical (unpaired) electrons. The van der Waals surface area contributed by atoms with E-state index in [4.69, 9.17) is 4.74 Å². The quantitative estimate of drug-likeness (QED) is 0.670. The van der Waals surface area contributed by atoms with Crippen LogP contribution in [0.3, 0.4) is 0 Å². The standard InChI is InChI=1S/C21H20F2N4O4/c1-31-10-11-7-25-4-5-26(9-16(25)24-11)19-15(22)6-13-18(17(19)23)27(12-2-3-12)8-14(20(13)28)21(29)30/h6-8,12H,2-5,9-10H2,1H3,(H,29,30). The number of ether oxygens (including phenoxy) is 1. The van der Waals surface area contributed by atoms with Gasteiger partial charge in [-0.3, -0.25) is 4.79 Å².